The van der Waals surface area contributed by atoms with Gasteiger partial charge in [-0.2, -0.15) is 0 Å². The molecular weight excluding hydrogens is 247 g/mol. The summed E-state index contributed by atoms with van der Waals surface area (Å²) in [6.07, 6.45) is 1.63. The van der Waals surface area contributed by atoms with Gasteiger partial charge in [0, 0.05) is 10.5 Å². The monoisotopic (exact) mass is 260 g/mol. The van der Waals surface area contributed by atoms with Crippen LogP contribution in [0.1, 0.15) is 24.4 Å². The molecule has 0 unspecified atom stereocenters. The van der Waals surface area contributed by atoms with Gasteiger partial charge in [-0.3, -0.25) is 0 Å². The quantitative estimate of drug-likeness (QED) is 0.873. The van der Waals surface area contributed by atoms with Gasteiger partial charge in [-0.05, 0) is 43.1 Å². The Balaban J connectivity index is 2.77. The van der Waals surface area contributed by atoms with Gasteiger partial charge in [0.15, 0.2) is 0 Å². The summed E-state index contributed by atoms with van der Waals surface area (Å²) in [7, 11) is 0. The van der Waals surface area contributed by atoms with Crippen molar-refractivity contribution in [1.29, 1.82) is 0 Å². The van der Waals surface area contributed by atoms with Gasteiger partial charge in [0.25, 0.3) is 0 Å². The maximum atomic E-state index is 12.9. The Hall–Kier alpha value is -0.450. The highest BCUT2D eigenvalue weighted by atomic mass is 79.9. The Morgan fingerprint density at radius 1 is 1.43 bits per heavy atom. The molecule has 0 radical (unpaired) electrons. The third-order valence-electron chi connectivity index (χ3n) is 2.08. The molecule has 0 saturated carbocycles. The smallest absolute Gasteiger partial charge is 0.123 e. The van der Waals surface area contributed by atoms with E-state index in [4.69, 9.17) is 11.5 Å². The fraction of sp³-hybridized carbons (Fsp3) is 0.400. The zero-order valence-corrected chi connectivity index (χ0v) is 9.43. The van der Waals surface area contributed by atoms with E-state index in [1.54, 1.807) is 6.07 Å². The molecule has 1 rings (SSSR count). The van der Waals surface area contributed by atoms with E-state index in [0.29, 0.717) is 6.54 Å². The van der Waals surface area contributed by atoms with Crippen LogP contribution < -0.4 is 11.5 Å². The molecular formula is C10H14BrFN2. The fourth-order valence-corrected chi connectivity index (χ4v) is 1.83. The van der Waals surface area contributed by atoms with Crippen molar-refractivity contribution in [3.63, 3.8) is 0 Å². The zero-order valence-electron chi connectivity index (χ0n) is 7.84. The predicted molar refractivity (Wildman–Crippen MR) is 59.3 cm³/mol. The highest BCUT2D eigenvalue weighted by Crippen LogP contribution is 2.25. The van der Waals surface area contributed by atoms with Crippen LogP contribution in [-0.4, -0.2) is 6.54 Å². The molecule has 0 heterocycles. The van der Waals surface area contributed by atoms with Crippen molar-refractivity contribution in [2.24, 2.45) is 11.5 Å². The topological polar surface area (TPSA) is 52.0 Å². The molecule has 4 N–H and O–H groups in total. The van der Waals surface area contributed by atoms with Gasteiger partial charge in [-0.25, -0.2) is 4.39 Å². The number of rotatable bonds is 4. The molecule has 0 aliphatic heterocycles. The first-order chi connectivity index (χ1) is 6.65. The van der Waals surface area contributed by atoms with E-state index in [1.165, 1.54) is 12.1 Å². The second-order valence-electron chi connectivity index (χ2n) is 3.20. The first-order valence-corrected chi connectivity index (χ1v) is 5.35. The summed E-state index contributed by atoms with van der Waals surface area (Å²) < 4.78 is 13.8. The largest absolute Gasteiger partial charge is 0.330 e. The van der Waals surface area contributed by atoms with Crippen LogP contribution in [0.2, 0.25) is 0 Å². The highest BCUT2D eigenvalue weighted by Gasteiger charge is 2.10. The molecule has 0 spiro atoms. The van der Waals surface area contributed by atoms with E-state index >= 15 is 0 Å². The number of nitrogens with two attached hydrogens (primary N) is 2. The van der Waals surface area contributed by atoms with Gasteiger partial charge in [-0.15, -0.1) is 0 Å². The molecule has 0 fully saturated rings. The van der Waals surface area contributed by atoms with Crippen LogP contribution >= 0.6 is 15.9 Å². The molecule has 2 nitrogen and oxygen atoms in total. The Morgan fingerprint density at radius 3 is 2.79 bits per heavy atom. The maximum Gasteiger partial charge on any atom is 0.123 e. The zero-order chi connectivity index (χ0) is 10.6. The SMILES string of the molecule is NCCC[C@H](N)c1cc(F)ccc1Br. The normalized spacial score (nSPS) is 12.9. The molecule has 0 bridgehead atoms. The average molecular weight is 261 g/mol. The summed E-state index contributed by atoms with van der Waals surface area (Å²) in [5.74, 6) is -0.258. The molecule has 4 heteroatoms. The summed E-state index contributed by atoms with van der Waals surface area (Å²) in [6.45, 7) is 0.612. The molecule has 1 aromatic carbocycles. The van der Waals surface area contributed by atoms with E-state index in [9.17, 15) is 4.39 Å². The van der Waals surface area contributed by atoms with Crippen LogP contribution in [0.15, 0.2) is 22.7 Å². The average Bonchev–Trinajstić information content (AvgIpc) is 2.18. The summed E-state index contributed by atoms with van der Waals surface area (Å²) in [6, 6.07) is 4.39. The Morgan fingerprint density at radius 2 is 2.14 bits per heavy atom. The first kappa shape index (κ1) is 11.6. The van der Waals surface area contributed by atoms with E-state index in [-0.39, 0.29) is 11.9 Å². The predicted octanol–water partition coefficient (Wildman–Crippen LogP) is 2.33. The molecule has 0 amide bonds. The second-order valence-corrected chi connectivity index (χ2v) is 4.06. The van der Waals surface area contributed by atoms with Crippen LogP contribution in [-0.2, 0) is 0 Å². The van der Waals surface area contributed by atoms with Crippen LogP contribution in [0.4, 0.5) is 4.39 Å². The van der Waals surface area contributed by atoms with Gasteiger partial charge in [-0.1, -0.05) is 15.9 Å². The fourth-order valence-electron chi connectivity index (χ4n) is 1.29. The van der Waals surface area contributed by atoms with Gasteiger partial charge in [0.2, 0.25) is 0 Å². The van der Waals surface area contributed by atoms with Crippen molar-refractivity contribution in [2.75, 3.05) is 6.54 Å². The molecule has 1 aromatic rings. The summed E-state index contributed by atoms with van der Waals surface area (Å²) in [5.41, 5.74) is 12.1. The molecule has 0 aromatic heterocycles. The summed E-state index contributed by atoms with van der Waals surface area (Å²) in [5, 5.41) is 0. The lowest BCUT2D eigenvalue weighted by molar-refractivity contribution is 0.595. The van der Waals surface area contributed by atoms with E-state index in [2.05, 4.69) is 15.9 Å². The highest BCUT2D eigenvalue weighted by molar-refractivity contribution is 9.10. The molecule has 14 heavy (non-hydrogen) atoms. The van der Waals surface area contributed by atoms with Crippen molar-refractivity contribution in [3.05, 3.63) is 34.1 Å². The first-order valence-electron chi connectivity index (χ1n) is 4.55. The standard InChI is InChI=1S/C10H14BrFN2/c11-9-4-3-7(12)6-8(9)10(14)2-1-5-13/h3-4,6,10H,1-2,5,13-14H2/t10-/m0/s1. The van der Waals surface area contributed by atoms with Crippen LogP contribution in [0, 0.1) is 5.82 Å². The lowest BCUT2D eigenvalue weighted by atomic mass is 10.0. The van der Waals surface area contributed by atoms with E-state index in [1.807, 2.05) is 0 Å². The van der Waals surface area contributed by atoms with Gasteiger partial charge >= 0.3 is 0 Å². The Kier molecular flexibility index (Phi) is 4.51. The summed E-state index contributed by atoms with van der Waals surface area (Å²) in [4.78, 5) is 0. The Labute approximate surface area is 91.6 Å². The molecule has 0 aliphatic rings. The van der Waals surface area contributed by atoms with E-state index in [0.717, 1.165) is 22.9 Å². The van der Waals surface area contributed by atoms with Crippen LogP contribution in [0.5, 0.6) is 0 Å². The lowest BCUT2D eigenvalue weighted by Gasteiger charge is -2.13. The number of benzene rings is 1. The second kappa shape index (κ2) is 5.44. The number of halogens is 2. The van der Waals surface area contributed by atoms with Crippen molar-refractivity contribution in [2.45, 2.75) is 18.9 Å². The minimum Gasteiger partial charge on any atom is -0.330 e. The van der Waals surface area contributed by atoms with Crippen LogP contribution in [0.25, 0.3) is 0 Å². The third kappa shape index (κ3) is 3.04. The van der Waals surface area contributed by atoms with Crippen LogP contribution in [0.3, 0.4) is 0 Å². The molecule has 0 saturated heterocycles. The van der Waals surface area contributed by atoms with Crippen molar-refractivity contribution < 1.29 is 4.39 Å². The van der Waals surface area contributed by atoms with Crippen molar-refractivity contribution >= 4 is 15.9 Å². The van der Waals surface area contributed by atoms with Gasteiger partial charge in [0.05, 0.1) is 0 Å². The Bertz CT molecular complexity index is 304. The van der Waals surface area contributed by atoms with E-state index < -0.39 is 0 Å². The maximum absolute atomic E-state index is 12.9. The lowest BCUT2D eigenvalue weighted by Crippen LogP contribution is -2.13. The molecule has 78 valence electrons. The molecule has 0 aliphatic carbocycles. The minimum atomic E-state index is -0.258. The number of hydrogen-bond acceptors (Lipinski definition) is 2. The summed E-state index contributed by atoms with van der Waals surface area (Å²) >= 11 is 3.35. The van der Waals surface area contributed by atoms with Crippen molar-refractivity contribution in [1.82, 2.24) is 0 Å². The number of hydrogen-bond donors (Lipinski definition) is 2. The third-order valence-corrected chi connectivity index (χ3v) is 2.80. The van der Waals surface area contributed by atoms with Gasteiger partial charge < -0.3 is 11.5 Å². The minimum absolute atomic E-state index is 0.149. The van der Waals surface area contributed by atoms with Crippen molar-refractivity contribution in [3.8, 4) is 0 Å². The molecule has 1 atom stereocenters. The van der Waals surface area contributed by atoms with Gasteiger partial charge in [0.1, 0.15) is 5.82 Å².